The van der Waals surface area contributed by atoms with Gasteiger partial charge in [-0.3, -0.25) is 9.89 Å². The fraction of sp³-hybridized carbons (Fsp3) is 0.357. The summed E-state index contributed by atoms with van der Waals surface area (Å²) >= 11 is 1.58. The molecule has 1 aliphatic carbocycles. The number of fused-ring (bicyclic) bond motifs is 1. The zero-order valence-corrected chi connectivity index (χ0v) is 23.7. The van der Waals surface area contributed by atoms with Crippen molar-refractivity contribution in [3.05, 3.63) is 71.1 Å². The minimum Gasteiger partial charge on any atom is -0.368 e. The number of aryl methyl sites for hydroxylation is 1. The molecule has 5 aromatic heterocycles. The Morgan fingerprint density at radius 3 is 2.71 bits per heavy atom. The Morgan fingerprint density at radius 1 is 1.22 bits per heavy atom. The molecule has 1 saturated carbocycles. The Labute approximate surface area is 239 Å². The molecule has 0 spiro atoms. The first-order chi connectivity index (χ1) is 19.8. The number of methoxy groups -OCH3 is 1. The maximum Gasteiger partial charge on any atom is 0.252 e. The van der Waals surface area contributed by atoms with Gasteiger partial charge in [0, 0.05) is 37.1 Å². The van der Waals surface area contributed by atoms with E-state index < -0.39 is 11.4 Å². The van der Waals surface area contributed by atoms with Crippen LogP contribution in [-0.2, 0) is 9.53 Å². The average molecular weight is 576 g/mol. The van der Waals surface area contributed by atoms with E-state index in [9.17, 15) is 9.18 Å². The van der Waals surface area contributed by atoms with Gasteiger partial charge >= 0.3 is 0 Å². The maximum absolute atomic E-state index is 13.5. The minimum atomic E-state index is -0.931. The highest BCUT2D eigenvalue weighted by Crippen LogP contribution is 2.42. The van der Waals surface area contributed by atoms with Crippen molar-refractivity contribution in [1.82, 2.24) is 40.2 Å². The predicted octanol–water partition coefficient (Wildman–Crippen LogP) is 5.11. The van der Waals surface area contributed by atoms with Crippen LogP contribution in [-0.4, -0.2) is 53.5 Å². The molecule has 5 aromatic rings. The van der Waals surface area contributed by atoms with Crippen LogP contribution in [0, 0.1) is 12.7 Å². The number of carbonyl (C=O) groups is 1. The monoisotopic (exact) mass is 575 g/mol. The number of rotatable bonds is 8. The van der Waals surface area contributed by atoms with Crippen molar-refractivity contribution < 1.29 is 13.9 Å². The lowest BCUT2D eigenvalue weighted by atomic mass is 9.76. The van der Waals surface area contributed by atoms with Crippen molar-refractivity contribution in [2.24, 2.45) is 0 Å². The molecule has 3 N–H and O–H groups in total. The zero-order chi connectivity index (χ0) is 28.6. The van der Waals surface area contributed by atoms with E-state index in [1.165, 1.54) is 10.9 Å². The number of anilines is 2. The summed E-state index contributed by atoms with van der Waals surface area (Å²) in [5, 5.41) is 17.5. The molecule has 13 heteroatoms. The van der Waals surface area contributed by atoms with Crippen molar-refractivity contribution in [3.8, 4) is 5.82 Å². The molecule has 0 radical (unpaired) electrons. The number of ether oxygens (including phenoxy) is 1. The zero-order valence-electron chi connectivity index (χ0n) is 22.9. The Morgan fingerprint density at radius 2 is 2.05 bits per heavy atom. The van der Waals surface area contributed by atoms with Gasteiger partial charge in [0.2, 0.25) is 0 Å². The van der Waals surface area contributed by atoms with E-state index >= 15 is 0 Å². The van der Waals surface area contributed by atoms with Crippen LogP contribution >= 0.6 is 11.3 Å². The van der Waals surface area contributed by atoms with Gasteiger partial charge in [-0.15, -0.1) is 11.3 Å². The van der Waals surface area contributed by atoms with E-state index in [2.05, 4.69) is 35.9 Å². The van der Waals surface area contributed by atoms with Crippen molar-refractivity contribution in [3.63, 3.8) is 0 Å². The van der Waals surface area contributed by atoms with Gasteiger partial charge in [0.1, 0.15) is 11.4 Å². The lowest BCUT2D eigenvalue weighted by Crippen LogP contribution is -2.50. The highest BCUT2D eigenvalue weighted by molar-refractivity contribution is 7.16. The number of carbonyl (C=O) groups excluding carboxylic acids is 1. The summed E-state index contributed by atoms with van der Waals surface area (Å²) in [4.78, 5) is 27.4. The molecule has 0 bridgehead atoms. The maximum atomic E-state index is 13.5. The first-order valence-corrected chi connectivity index (χ1v) is 14.3. The number of pyridine rings is 2. The fourth-order valence-corrected chi connectivity index (χ4v) is 6.19. The number of hydrogen-bond acceptors (Lipinski definition) is 9. The number of thiazole rings is 1. The van der Waals surface area contributed by atoms with Gasteiger partial charge in [-0.25, -0.2) is 24.0 Å². The van der Waals surface area contributed by atoms with Crippen molar-refractivity contribution in [1.29, 1.82) is 0 Å². The number of aromatic nitrogens is 7. The number of halogens is 1. The molecule has 1 aliphatic rings. The molecule has 0 unspecified atom stereocenters. The van der Waals surface area contributed by atoms with E-state index in [1.807, 2.05) is 37.6 Å². The molecule has 0 saturated heterocycles. The van der Waals surface area contributed by atoms with E-state index in [-0.39, 0.29) is 17.9 Å². The van der Waals surface area contributed by atoms with E-state index in [0.717, 1.165) is 46.2 Å². The molecular weight excluding hydrogens is 545 g/mol. The van der Waals surface area contributed by atoms with Gasteiger partial charge in [-0.1, -0.05) is 6.07 Å². The molecule has 41 heavy (non-hydrogen) atoms. The van der Waals surface area contributed by atoms with Crippen LogP contribution in [0.15, 0.2) is 48.4 Å². The molecular formula is C28H30FN9O2S. The van der Waals surface area contributed by atoms with E-state index in [0.29, 0.717) is 30.3 Å². The number of nitrogens with one attached hydrogen (secondary N) is 3. The quantitative estimate of drug-likeness (QED) is 0.232. The normalized spacial score (nSPS) is 19.8. The third kappa shape index (κ3) is 5.42. The second-order valence-electron chi connectivity index (χ2n) is 10.4. The van der Waals surface area contributed by atoms with Crippen molar-refractivity contribution in [2.75, 3.05) is 12.4 Å². The van der Waals surface area contributed by atoms with E-state index in [1.54, 1.807) is 30.7 Å². The number of H-pyrrole nitrogens is 1. The Kier molecular flexibility index (Phi) is 7.22. The number of nitrogens with zero attached hydrogens (tertiary/aromatic N) is 6. The van der Waals surface area contributed by atoms with Gasteiger partial charge in [0.05, 0.1) is 39.9 Å². The highest BCUT2D eigenvalue weighted by Gasteiger charge is 2.43. The van der Waals surface area contributed by atoms with Crippen LogP contribution in [0.25, 0.3) is 16.0 Å². The van der Waals surface area contributed by atoms with Crippen LogP contribution in [0.2, 0.25) is 0 Å². The predicted molar refractivity (Wildman–Crippen MR) is 153 cm³/mol. The molecule has 5 heterocycles. The van der Waals surface area contributed by atoms with Crippen LogP contribution in [0.3, 0.4) is 0 Å². The van der Waals surface area contributed by atoms with Gasteiger partial charge in [0.25, 0.3) is 5.91 Å². The molecule has 11 nitrogen and oxygen atoms in total. The number of amides is 1. The summed E-state index contributed by atoms with van der Waals surface area (Å²) < 4.78 is 21.6. The summed E-state index contributed by atoms with van der Waals surface area (Å²) in [5.74, 6) is 1.46. The van der Waals surface area contributed by atoms with Gasteiger partial charge < -0.3 is 15.4 Å². The smallest absolute Gasteiger partial charge is 0.252 e. The van der Waals surface area contributed by atoms with Crippen LogP contribution in [0.4, 0.5) is 16.0 Å². The summed E-state index contributed by atoms with van der Waals surface area (Å²) in [5.41, 5.74) is 4.56. The molecule has 1 fully saturated rings. The first-order valence-electron chi connectivity index (χ1n) is 13.4. The number of aromatic amines is 1. The second kappa shape index (κ2) is 11.0. The average Bonchev–Trinajstić information content (AvgIpc) is 3.74. The number of hydrogen-bond donors (Lipinski definition) is 3. The molecule has 0 aliphatic heterocycles. The molecule has 1 atom stereocenters. The molecule has 1 amide bonds. The molecule has 0 aromatic carbocycles. The van der Waals surface area contributed by atoms with Gasteiger partial charge in [-0.05, 0) is 51.2 Å². The summed E-state index contributed by atoms with van der Waals surface area (Å²) in [6, 6.07) is 7.15. The summed E-state index contributed by atoms with van der Waals surface area (Å²) in [6.45, 7) is 3.85. The summed E-state index contributed by atoms with van der Waals surface area (Å²) in [6.07, 6.45) is 6.67. The SMILES string of the molecule is COC1(C(=O)N[C@@H](C)c2ccc(-n3cc(F)cn3)nc2)CCC(c2nc(Nc3cc(C)[nH]n3)cc3ncsc23)CC1. The van der Waals surface area contributed by atoms with Crippen LogP contribution < -0.4 is 10.6 Å². The first kappa shape index (κ1) is 27.0. The third-order valence-corrected chi connectivity index (χ3v) is 8.56. The molecule has 212 valence electrons. The van der Waals surface area contributed by atoms with Crippen molar-refractivity contribution >= 4 is 39.1 Å². The fourth-order valence-electron chi connectivity index (χ4n) is 5.35. The molecule has 6 rings (SSSR count). The standard InChI is InChI=1S/C28H30FN9O2S/c1-16-10-23(37-36-16)34-22-11-21-26(41-15-31-21)25(35-22)18-6-8-28(40-3,9-7-18)27(39)33-17(2)19-4-5-24(30-12-19)38-14-20(29)13-32-38/h4-5,10-15,17-18H,6-9H2,1-3H3,(H,33,39)(H2,34,35,36,37)/t17-,18?,28?/m0/s1. The minimum absolute atomic E-state index is 0.149. The largest absolute Gasteiger partial charge is 0.368 e. The lowest BCUT2D eigenvalue weighted by molar-refractivity contribution is -0.148. The summed E-state index contributed by atoms with van der Waals surface area (Å²) in [7, 11) is 1.60. The highest BCUT2D eigenvalue weighted by atomic mass is 32.1. The van der Waals surface area contributed by atoms with Crippen molar-refractivity contribution in [2.45, 2.75) is 57.1 Å². The topological polar surface area (TPSA) is 136 Å². The lowest BCUT2D eigenvalue weighted by Gasteiger charge is -2.38. The van der Waals surface area contributed by atoms with Gasteiger partial charge in [0.15, 0.2) is 17.5 Å². The van der Waals surface area contributed by atoms with Crippen LogP contribution in [0.1, 0.15) is 61.5 Å². The van der Waals surface area contributed by atoms with Crippen LogP contribution in [0.5, 0.6) is 0 Å². The Bertz CT molecular complexity index is 1670. The van der Waals surface area contributed by atoms with E-state index in [4.69, 9.17) is 9.72 Å². The Balaban J connectivity index is 1.14. The van der Waals surface area contributed by atoms with Gasteiger partial charge in [-0.2, -0.15) is 10.2 Å². The third-order valence-electron chi connectivity index (χ3n) is 7.69. The second-order valence-corrected chi connectivity index (χ2v) is 11.2. The Hall–Kier alpha value is -4.23.